The second kappa shape index (κ2) is 5.54. The smallest absolute Gasteiger partial charge is 0.341 e. The number of para-hydroxylation sites is 1. The molecule has 1 aromatic carbocycles. The van der Waals surface area contributed by atoms with E-state index >= 15 is 0 Å². The molecule has 2 aromatic rings. The molecule has 0 atom stereocenters. The highest BCUT2D eigenvalue weighted by Gasteiger charge is 2.23. The van der Waals surface area contributed by atoms with E-state index in [2.05, 4.69) is 9.82 Å². The minimum Gasteiger partial charge on any atom is -0.477 e. The van der Waals surface area contributed by atoms with Crippen molar-refractivity contribution in [2.24, 2.45) is 0 Å². The molecule has 0 aliphatic carbocycles. The van der Waals surface area contributed by atoms with Gasteiger partial charge in [-0.1, -0.05) is 18.2 Å². The van der Waals surface area contributed by atoms with E-state index in [9.17, 15) is 13.2 Å². The molecule has 21 heavy (non-hydrogen) atoms. The van der Waals surface area contributed by atoms with Crippen LogP contribution in [-0.4, -0.2) is 47.7 Å². The van der Waals surface area contributed by atoms with Gasteiger partial charge in [-0.2, -0.15) is 17.8 Å². The molecule has 0 saturated heterocycles. The van der Waals surface area contributed by atoms with Gasteiger partial charge in [0.25, 0.3) is 0 Å². The van der Waals surface area contributed by atoms with E-state index in [0.717, 1.165) is 10.5 Å². The van der Waals surface area contributed by atoms with Gasteiger partial charge in [-0.3, -0.25) is 4.72 Å². The van der Waals surface area contributed by atoms with Crippen molar-refractivity contribution in [1.82, 2.24) is 14.1 Å². The minimum absolute atomic E-state index is 0.123. The summed E-state index contributed by atoms with van der Waals surface area (Å²) in [5, 5.41) is 13.1. The first kappa shape index (κ1) is 15.0. The molecule has 0 saturated carbocycles. The topological polar surface area (TPSA) is 105 Å². The summed E-state index contributed by atoms with van der Waals surface area (Å²) >= 11 is 0. The quantitative estimate of drug-likeness (QED) is 0.849. The standard InChI is InChI=1S/C12H14N4O4S/c1-15(2)21(19,20)14-11-10(12(17)18)8-13-16(11)9-6-4-3-5-7-9/h3-8,14H,1-2H3,(H,17,18). The Labute approximate surface area is 121 Å². The molecule has 9 heteroatoms. The molecule has 0 unspecified atom stereocenters. The van der Waals surface area contributed by atoms with Crippen LogP contribution in [0.2, 0.25) is 0 Å². The van der Waals surface area contributed by atoms with E-state index in [1.165, 1.54) is 18.8 Å². The molecule has 1 aromatic heterocycles. The van der Waals surface area contributed by atoms with Crippen LogP contribution >= 0.6 is 0 Å². The number of rotatable bonds is 5. The summed E-state index contributed by atoms with van der Waals surface area (Å²) in [6.07, 6.45) is 1.10. The van der Waals surface area contributed by atoms with Crippen LogP contribution in [0, 0.1) is 0 Å². The Morgan fingerprint density at radius 3 is 2.43 bits per heavy atom. The number of aromatic carboxylic acids is 1. The molecule has 0 amide bonds. The van der Waals surface area contributed by atoms with Crippen LogP contribution in [0.15, 0.2) is 36.5 Å². The molecule has 0 aliphatic heterocycles. The number of nitrogens with one attached hydrogen (secondary N) is 1. The lowest BCUT2D eigenvalue weighted by Crippen LogP contribution is -2.30. The Balaban J connectivity index is 2.57. The molecule has 1 heterocycles. The van der Waals surface area contributed by atoms with E-state index < -0.39 is 16.2 Å². The Morgan fingerprint density at radius 2 is 1.90 bits per heavy atom. The van der Waals surface area contributed by atoms with Crippen molar-refractivity contribution in [3.05, 3.63) is 42.1 Å². The van der Waals surface area contributed by atoms with Gasteiger partial charge in [0.2, 0.25) is 0 Å². The van der Waals surface area contributed by atoms with Crippen LogP contribution in [0.3, 0.4) is 0 Å². The third kappa shape index (κ3) is 3.03. The summed E-state index contributed by atoms with van der Waals surface area (Å²) in [7, 11) is -1.17. The molecule has 0 fully saturated rings. The van der Waals surface area contributed by atoms with E-state index in [4.69, 9.17) is 5.11 Å². The summed E-state index contributed by atoms with van der Waals surface area (Å²) in [5.74, 6) is -1.39. The fraction of sp³-hybridized carbons (Fsp3) is 0.167. The highest BCUT2D eigenvalue weighted by Crippen LogP contribution is 2.21. The molecule has 2 rings (SSSR count). The van der Waals surface area contributed by atoms with Gasteiger partial charge in [0.05, 0.1) is 11.9 Å². The zero-order valence-corrected chi connectivity index (χ0v) is 12.2. The fourth-order valence-electron chi connectivity index (χ4n) is 1.58. The number of carbonyl (C=O) groups is 1. The van der Waals surface area contributed by atoms with Crippen LogP contribution in [0.4, 0.5) is 5.82 Å². The monoisotopic (exact) mass is 310 g/mol. The summed E-state index contributed by atoms with van der Waals surface area (Å²) in [6.45, 7) is 0. The maximum atomic E-state index is 11.9. The molecule has 2 N–H and O–H groups in total. The average molecular weight is 310 g/mol. The maximum absolute atomic E-state index is 11.9. The molecule has 0 bridgehead atoms. The van der Waals surface area contributed by atoms with Gasteiger partial charge in [-0.15, -0.1) is 0 Å². The van der Waals surface area contributed by atoms with Crippen molar-refractivity contribution in [1.29, 1.82) is 0 Å². The fourth-order valence-corrected chi connectivity index (χ4v) is 2.20. The number of nitrogens with zero attached hydrogens (tertiary/aromatic N) is 3. The second-order valence-corrected chi connectivity index (χ2v) is 6.23. The number of hydrogen-bond acceptors (Lipinski definition) is 4. The van der Waals surface area contributed by atoms with Crippen LogP contribution in [0.5, 0.6) is 0 Å². The first-order chi connectivity index (χ1) is 9.83. The molecule has 0 radical (unpaired) electrons. The molecule has 8 nitrogen and oxygen atoms in total. The SMILES string of the molecule is CN(C)S(=O)(=O)Nc1c(C(=O)O)cnn1-c1ccccc1. The van der Waals surface area contributed by atoms with Gasteiger partial charge in [-0.25, -0.2) is 9.48 Å². The summed E-state index contributed by atoms with van der Waals surface area (Å²) in [5.41, 5.74) is 0.311. The van der Waals surface area contributed by atoms with Crippen molar-refractivity contribution < 1.29 is 18.3 Å². The molecule has 112 valence electrons. The lowest BCUT2D eigenvalue weighted by molar-refractivity contribution is 0.0698. The highest BCUT2D eigenvalue weighted by atomic mass is 32.2. The first-order valence-electron chi connectivity index (χ1n) is 5.90. The predicted molar refractivity (Wildman–Crippen MR) is 76.8 cm³/mol. The van der Waals surface area contributed by atoms with Crippen LogP contribution < -0.4 is 4.72 Å². The van der Waals surface area contributed by atoms with E-state index in [1.54, 1.807) is 30.3 Å². The lowest BCUT2D eigenvalue weighted by atomic mass is 10.3. The van der Waals surface area contributed by atoms with Crippen molar-refractivity contribution in [3.8, 4) is 5.69 Å². The van der Waals surface area contributed by atoms with E-state index in [1.807, 2.05) is 0 Å². The molecular weight excluding hydrogens is 296 g/mol. The highest BCUT2D eigenvalue weighted by molar-refractivity contribution is 7.90. The second-order valence-electron chi connectivity index (χ2n) is 4.35. The number of benzene rings is 1. The Hall–Kier alpha value is -2.39. The third-order valence-electron chi connectivity index (χ3n) is 2.71. The largest absolute Gasteiger partial charge is 0.477 e. The summed E-state index contributed by atoms with van der Waals surface area (Å²) in [4.78, 5) is 11.2. The molecule has 0 spiro atoms. The van der Waals surface area contributed by atoms with Gasteiger partial charge < -0.3 is 5.11 Å². The van der Waals surface area contributed by atoms with E-state index in [0.29, 0.717) is 5.69 Å². The van der Waals surface area contributed by atoms with Crippen molar-refractivity contribution in [2.45, 2.75) is 0 Å². The van der Waals surface area contributed by atoms with Crippen molar-refractivity contribution >= 4 is 22.0 Å². The lowest BCUT2D eigenvalue weighted by Gasteiger charge is -2.15. The maximum Gasteiger partial charge on any atom is 0.341 e. The minimum atomic E-state index is -3.85. The van der Waals surface area contributed by atoms with Gasteiger partial charge in [0, 0.05) is 14.1 Å². The first-order valence-corrected chi connectivity index (χ1v) is 7.34. The zero-order chi connectivity index (χ0) is 15.6. The molecule has 0 aliphatic rings. The van der Waals surface area contributed by atoms with Gasteiger partial charge in [-0.05, 0) is 12.1 Å². The summed E-state index contributed by atoms with van der Waals surface area (Å²) < 4.78 is 28.3. The van der Waals surface area contributed by atoms with Crippen LogP contribution in [0.1, 0.15) is 10.4 Å². The Kier molecular flexibility index (Phi) is 3.96. The average Bonchev–Trinajstić information content (AvgIpc) is 2.82. The van der Waals surface area contributed by atoms with Gasteiger partial charge in [0.15, 0.2) is 5.82 Å². The van der Waals surface area contributed by atoms with Crippen LogP contribution in [-0.2, 0) is 10.2 Å². The van der Waals surface area contributed by atoms with E-state index in [-0.39, 0.29) is 11.4 Å². The number of aromatic nitrogens is 2. The number of carboxylic acids is 1. The zero-order valence-electron chi connectivity index (χ0n) is 11.4. The van der Waals surface area contributed by atoms with Gasteiger partial charge >= 0.3 is 16.2 Å². The number of hydrogen-bond donors (Lipinski definition) is 2. The predicted octanol–water partition coefficient (Wildman–Crippen LogP) is 0.789. The third-order valence-corrected chi connectivity index (χ3v) is 4.12. The summed E-state index contributed by atoms with van der Waals surface area (Å²) in [6, 6.07) is 8.64. The van der Waals surface area contributed by atoms with Crippen molar-refractivity contribution in [2.75, 3.05) is 18.8 Å². The van der Waals surface area contributed by atoms with Gasteiger partial charge in [0.1, 0.15) is 5.56 Å². The number of carboxylic acid groups (broad SMARTS) is 1. The molecular formula is C12H14N4O4S. The van der Waals surface area contributed by atoms with Crippen molar-refractivity contribution in [3.63, 3.8) is 0 Å². The number of anilines is 1. The Morgan fingerprint density at radius 1 is 1.29 bits per heavy atom. The van der Waals surface area contributed by atoms with Crippen LogP contribution in [0.25, 0.3) is 5.69 Å². The normalized spacial score (nSPS) is 11.6. The Bertz CT molecular complexity index is 753.